The molecule has 3 nitrogen and oxygen atoms in total. The summed E-state index contributed by atoms with van der Waals surface area (Å²) < 4.78 is 5.26. The molecule has 1 unspecified atom stereocenters. The van der Waals surface area contributed by atoms with Crippen LogP contribution in [0.3, 0.4) is 0 Å². The Balaban J connectivity index is 2.30. The van der Waals surface area contributed by atoms with E-state index in [9.17, 15) is 4.79 Å². The zero-order valence-corrected chi connectivity index (χ0v) is 7.23. The first-order valence-electron chi connectivity index (χ1n) is 4.12. The maximum absolute atomic E-state index is 11.0. The molecule has 0 aromatic heterocycles. The van der Waals surface area contributed by atoms with Crippen molar-refractivity contribution in [2.24, 2.45) is 4.99 Å². The maximum atomic E-state index is 11.0. The molecule has 0 N–H and O–H groups in total. The Morgan fingerprint density at radius 3 is 2.54 bits per heavy atom. The van der Waals surface area contributed by atoms with Crippen LogP contribution in [-0.2, 0) is 9.53 Å². The first kappa shape index (κ1) is 7.98. The van der Waals surface area contributed by atoms with Crippen LogP contribution in [0.25, 0.3) is 0 Å². The molecular weight excluding hydrogens is 166 g/mol. The molecule has 0 radical (unpaired) electrons. The SMILES string of the molecule is CC1OC(c2ccccc2)=NC1=O. The molecule has 1 atom stereocenters. The summed E-state index contributed by atoms with van der Waals surface area (Å²) in [4.78, 5) is 14.8. The fraction of sp³-hybridized carbons (Fsp3) is 0.200. The summed E-state index contributed by atoms with van der Waals surface area (Å²) >= 11 is 0. The molecule has 1 aromatic rings. The minimum Gasteiger partial charge on any atom is -0.464 e. The van der Waals surface area contributed by atoms with Crippen molar-refractivity contribution in [2.45, 2.75) is 13.0 Å². The molecule has 0 saturated heterocycles. The molecule has 3 heteroatoms. The summed E-state index contributed by atoms with van der Waals surface area (Å²) in [6.45, 7) is 1.70. The zero-order valence-electron chi connectivity index (χ0n) is 7.23. The van der Waals surface area contributed by atoms with Crippen LogP contribution in [0.1, 0.15) is 12.5 Å². The first-order valence-corrected chi connectivity index (χ1v) is 4.12. The highest BCUT2D eigenvalue weighted by Crippen LogP contribution is 2.12. The predicted molar refractivity (Wildman–Crippen MR) is 48.5 cm³/mol. The smallest absolute Gasteiger partial charge is 0.289 e. The third kappa shape index (κ3) is 1.45. The van der Waals surface area contributed by atoms with E-state index in [1.54, 1.807) is 6.92 Å². The number of amides is 1. The van der Waals surface area contributed by atoms with E-state index >= 15 is 0 Å². The van der Waals surface area contributed by atoms with Crippen LogP contribution in [0.5, 0.6) is 0 Å². The van der Waals surface area contributed by atoms with Gasteiger partial charge < -0.3 is 4.74 Å². The summed E-state index contributed by atoms with van der Waals surface area (Å²) in [6.07, 6.45) is -0.435. The van der Waals surface area contributed by atoms with E-state index in [0.717, 1.165) is 5.56 Å². The lowest BCUT2D eigenvalue weighted by molar-refractivity contribution is -0.121. The number of carbonyl (C=O) groups is 1. The number of aliphatic imine (C=N–C) groups is 1. The van der Waals surface area contributed by atoms with Crippen molar-refractivity contribution < 1.29 is 9.53 Å². The lowest BCUT2D eigenvalue weighted by atomic mass is 10.2. The second-order valence-corrected chi connectivity index (χ2v) is 2.88. The van der Waals surface area contributed by atoms with E-state index in [0.29, 0.717) is 5.90 Å². The van der Waals surface area contributed by atoms with Gasteiger partial charge in [-0.05, 0) is 19.1 Å². The molecule has 13 heavy (non-hydrogen) atoms. The summed E-state index contributed by atoms with van der Waals surface area (Å²) in [5, 5.41) is 0. The zero-order chi connectivity index (χ0) is 9.26. The number of carbonyl (C=O) groups excluding carboxylic acids is 1. The Bertz CT molecular complexity index is 356. The monoisotopic (exact) mass is 175 g/mol. The molecule has 0 saturated carbocycles. The number of hydrogen-bond donors (Lipinski definition) is 0. The lowest BCUT2D eigenvalue weighted by Crippen LogP contribution is -2.12. The van der Waals surface area contributed by atoms with Gasteiger partial charge in [0.05, 0.1) is 0 Å². The largest absolute Gasteiger partial charge is 0.464 e. The fourth-order valence-corrected chi connectivity index (χ4v) is 1.15. The Hall–Kier alpha value is -1.64. The number of benzene rings is 1. The average Bonchev–Trinajstić information content (AvgIpc) is 2.49. The number of ether oxygens (including phenoxy) is 1. The van der Waals surface area contributed by atoms with Gasteiger partial charge in [-0.3, -0.25) is 4.79 Å². The van der Waals surface area contributed by atoms with E-state index in [2.05, 4.69) is 4.99 Å². The standard InChI is InChI=1S/C10H9NO2/c1-7-9(12)11-10(13-7)8-5-3-2-4-6-8/h2-7H,1H3. The van der Waals surface area contributed by atoms with Crippen molar-refractivity contribution in [3.63, 3.8) is 0 Å². The maximum Gasteiger partial charge on any atom is 0.289 e. The van der Waals surface area contributed by atoms with Crippen LogP contribution in [0.2, 0.25) is 0 Å². The van der Waals surface area contributed by atoms with Gasteiger partial charge >= 0.3 is 0 Å². The van der Waals surface area contributed by atoms with Crippen LogP contribution in [0, 0.1) is 0 Å². The van der Waals surface area contributed by atoms with Crippen molar-refractivity contribution in [3.8, 4) is 0 Å². The topological polar surface area (TPSA) is 38.7 Å². The molecule has 66 valence electrons. The van der Waals surface area contributed by atoms with Crippen molar-refractivity contribution >= 4 is 11.8 Å². The second kappa shape index (κ2) is 3.01. The fourth-order valence-electron chi connectivity index (χ4n) is 1.15. The quantitative estimate of drug-likeness (QED) is 0.646. The van der Waals surface area contributed by atoms with Gasteiger partial charge in [-0.1, -0.05) is 18.2 Å². The minimum atomic E-state index is -0.435. The van der Waals surface area contributed by atoms with Crippen molar-refractivity contribution in [3.05, 3.63) is 35.9 Å². The molecule has 1 aromatic carbocycles. The third-order valence-electron chi connectivity index (χ3n) is 1.87. The van der Waals surface area contributed by atoms with E-state index in [-0.39, 0.29) is 5.91 Å². The minimum absolute atomic E-state index is 0.209. The lowest BCUT2D eigenvalue weighted by Gasteiger charge is -2.03. The van der Waals surface area contributed by atoms with E-state index in [4.69, 9.17) is 4.74 Å². The van der Waals surface area contributed by atoms with Crippen LogP contribution < -0.4 is 0 Å². The molecular formula is C10H9NO2. The second-order valence-electron chi connectivity index (χ2n) is 2.88. The molecule has 1 aliphatic rings. The van der Waals surface area contributed by atoms with Gasteiger partial charge in [0.25, 0.3) is 5.91 Å². The highest BCUT2D eigenvalue weighted by Gasteiger charge is 2.24. The van der Waals surface area contributed by atoms with Crippen LogP contribution >= 0.6 is 0 Å². The summed E-state index contributed by atoms with van der Waals surface area (Å²) in [5.74, 6) is 0.219. The molecule has 0 fully saturated rings. The van der Waals surface area contributed by atoms with Crippen molar-refractivity contribution in [2.75, 3.05) is 0 Å². The molecule has 1 amide bonds. The Morgan fingerprint density at radius 2 is 2.00 bits per heavy atom. The highest BCUT2D eigenvalue weighted by molar-refractivity contribution is 6.07. The molecule has 2 rings (SSSR count). The van der Waals surface area contributed by atoms with Crippen LogP contribution in [-0.4, -0.2) is 17.9 Å². The van der Waals surface area contributed by atoms with Gasteiger partial charge in [-0.25, -0.2) is 0 Å². The number of rotatable bonds is 1. The van der Waals surface area contributed by atoms with Crippen molar-refractivity contribution in [1.29, 1.82) is 0 Å². The Kier molecular flexibility index (Phi) is 1.85. The van der Waals surface area contributed by atoms with Gasteiger partial charge in [0.1, 0.15) is 0 Å². The predicted octanol–water partition coefficient (Wildman–Crippen LogP) is 1.38. The van der Waals surface area contributed by atoms with E-state index in [1.165, 1.54) is 0 Å². The molecule has 1 aliphatic heterocycles. The van der Waals surface area contributed by atoms with Gasteiger partial charge in [0, 0.05) is 5.56 Å². The average molecular weight is 175 g/mol. The summed E-state index contributed by atoms with van der Waals surface area (Å²) in [6, 6.07) is 9.40. The van der Waals surface area contributed by atoms with Crippen LogP contribution in [0.4, 0.5) is 0 Å². The first-order chi connectivity index (χ1) is 6.27. The Labute approximate surface area is 76.1 Å². The van der Waals surface area contributed by atoms with Crippen molar-refractivity contribution in [1.82, 2.24) is 0 Å². The third-order valence-corrected chi connectivity index (χ3v) is 1.87. The molecule has 0 bridgehead atoms. The molecule has 0 spiro atoms. The van der Waals surface area contributed by atoms with E-state index < -0.39 is 6.10 Å². The van der Waals surface area contributed by atoms with Gasteiger partial charge in [-0.2, -0.15) is 4.99 Å². The van der Waals surface area contributed by atoms with E-state index in [1.807, 2.05) is 30.3 Å². The van der Waals surface area contributed by atoms with Gasteiger partial charge in [0.15, 0.2) is 6.10 Å². The molecule has 1 heterocycles. The Morgan fingerprint density at radius 1 is 1.31 bits per heavy atom. The summed E-state index contributed by atoms with van der Waals surface area (Å²) in [7, 11) is 0. The number of nitrogens with zero attached hydrogens (tertiary/aromatic N) is 1. The molecule has 0 aliphatic carbocycles. The van der Waals surface area contributed by atoms with Gasteiger partial charge in [0.2, 0.25) is 5.90 Å². The normalized spacial score (nSPS) is 21.2. The van der Waals surface area contributed by atoms with Gasteiger partial charge in [-0.15, -0.1) is 0 Å². The highest BCUT2D eigenvalue weighted by atomic mass is 16.5. The van der Waals surface area contributed by atoms with Crippen LogP contribution in [0.15, 0.2) is 35.3 Å². The number of hydrogen-bond acceptors (Lipinski definition) is 2. The summed E-state index contributed by atoms with van der Waals surface area (Å²) in [5.41, 5.74) is 0.847.